The lowest BCUT2D eigenvalue weighted by Crippen LogP contribution is -2.14. The van der Waals surface area contributed by atoms with E-state index in [-0.39, 0.29) is 11.5 Å². The molecule has 0 aliphatic rings. The lowest BCUT2D eigenvalue weighted by Gasteiger charge is -2.10. The van der Waals surface area contributed by atoms with Gasteiger partial charge in [-0.1, -0.05) is 6.07 Å². The molecule has 1 aromatic carbocycles. The molecule has 1 heterocycles. The van der Waals surface area contributed by atoms with Gasteiger partial charge in [0.25, 0.3) is 5.91 Å². The van der Waals surface area contributed by atoms with Gasteiger partial charge in [0.05, 0.1) is 11.1 Å². The monoisotopic (exact) mass is 257 g/mol. The van der Waals surface area contributed by atoms with Crippen molar-refractivity contribution >= 4 is 17.6 Å². The summed E-state index contributed by atoms with van der Waals surface area (Å²) in [6, 6.07) is 4.70. The Hall–Kier alpha value is -2.76. The van der Waals surface area contributed by atoms with Gasteiger partial charge in [-0.25, -0.2) is 14.8 Å². The highest BCUT2D eigenvalue weighted by molar-refractivity contribution is 6.05. The molecule has 6 nitrogen and oxygen atoms in total. The van der Waals surface area contributed by atoms with E-state index in [1.165, 1.54) is 24.8 Å². The molecule has 1 aromatic heterocycles. The van der Waals surface area contributed by atoms with E-state index < -0.39 is 5.97 Å². The number of hydrogen-bond donors (Lipinski definition) is 2. The number of nitrogens with one attached hydrogen (secondary N) is 1. The van der Waals surface area contributed by atoms with Gasteiger partial charge in [0.15, 0.2) is 0 Å². The van der Waals surface area contributed by atoms with E-state index in [9.17, 15) is 9.59 Å². The highest BCUT2D eigenvalue weighted by atomic mass is 16.4. The number of hydrogen-bond acceptors (Lipinski definition) is 4. The van der Waals surface area contributed by atoms with E-state index in [1.807, 2.05) is 0 Å². The van der Waals surface area contributed by atoms with Crippen LogP contribution in [0.15, 0.2) is 36.9 Å². The molecular weight excluding hydrogens is 246 g/mol. The highest BCUT2D eigenvalue weighted by Crippen LogP contribution is 2.19. The zero-order chi connectivity index (χ0) is 13.8. The van der Waals surface area contributed by atoms with Gasteiger partial charge in [0, 0.05) is 18.1 Å². The maximum atomic E-state index is 11.9. The van der Waals surface area contributed by atoms with E-state index in [4.69, 9.17) is 5.11 Å². The van der Waals surface area contributed by atoms with Gasteiger partial charge < -0.3 is 10.4 Å². The summed E-state index contributed by atoms with van der Waals surface area (Å²) < 4.78 is 0. The van der Waals surface area contributed by atoms with Crippen LogP contribution in [0.25, 0.3) is 0 Å². The second-order valence-electron chi connectivity index (χ2n) is 3.86. The van der Waals surface area contributed by atoms with Crippen molar-refractivity contribution in [3.63, 3.8) is 0 Å². The first-order chi connectivity index (χ1) is 9.09. The summed E-state index contributed by atoms with van der Waals surface area (Å²) in [5.41, 5.74) is 1.42. The van der Waals surface area contributed by atoms with Crippen molar-refractivity contribution in [2.45, 2.75) is 6.92 Å². The topological polar surface area (TPSA) is 92.2 Å². The second kappa shape index (κ2) is 5.26. The third-order valence-corrected chi connectivity index (χ3v) is 2.64. The fraction of sp³-hybridized carbons (Fsp3) is 0.0769. The van der Waals surface area contributed by atoms with Crippen LogP contribution < -0.4 is 5.32 Å². The summed E-state index contributed by atoms with van der Waals surface area (Å²) in [5.74, 6) is -1.41. The van der Waals surface area contributed by atoms with Crippen molar-refractivity contribution in [1.29, 1.82) is 0 Å². The standard InChI is InChI=1S/C13H11N3O3/c1-8-10(13(18)19)3-2-4-11(8)16-12(17)9-5-14-7-15-6-9/h2-7H,1H3,(H,16,17)(H,18,19). The maximum Gasteiger partial charge on any atom is 0.336 e. The Labute approximate surface area is 109 Å². The fourth-order valence-electron chi connectivity index (χ4n) is 1.61. The second-order valence-corrected chi connectivity index (χ2v) is 3.86. The normalized spacial score (nSPS) is 9.95. The molecule has 0 aliphatic heterocycles. The molecular formula is C13H11N3O3. The van der Waals surface area contributed by atoms with E-state index >= 15 is 0 Å². The van der Waals surface area contributed by atoms with Crippen LogP contribution in [-0.4, -0.2) is 27.0 Å². The minimum absolute atomic E-state index is 0.155. The minimum atomic E-state index is -1.03. The molecule has 2 aromatic rings. The summed E-state index contributed by atoms with van der Waals surface area (Å²) in [6.45, 7) is 1.64. The van der Waals surface area contributed by atoms with Crippen molar-refractivity contribution < 1.29 is 14.7 Å². The Morgan fingerprint density at radius 1 is 1.21 bits per heavy atom. The van der Waals surface area contributed by atoms with E-state index in [2.05, 4.69) is 15.3 Å². The first-order valence-corrected chi connectivity index (χ1v) is 5.49. The van der Waals surface area contributed by atoms with E-state index in [0.29, 0.717) is 16.8 Å². The molecule has 0 fully saturated rings. The van der Waals surface area contributed by atoms with Gasteiger partial charge in [0.1, 0.15) is 6.33 Å². The van der Waals surface area contributed by atoms with Crippen LogP contribution in [0.4, 0.5) is 5.69 Å². The van der Waals surface area contributed by atoms with Crippen molar-refractivity contribution in [2.24, 2.45) is 0 Å². The van der Waals surface area contributed by atoms with Gasteiger partial charge in [-0.3, -0.25) is 4.79 Å². The van der Waals surface area contributed by atoms with Crippen molar-refractivity contribution in [3.05, 3.63) is 53.6 Å². The Balaban J connectivity index is 2.27. The molecule has 0 atom stereocenters. The Kier molecular flexibility index (Phi) is 3.51. The summed E-state index contributed by atoms with van der Waals surface area (Å²) in [4.78, 5) is 30.4. The largest absolute Gasteiger partial charge is 0.478 e. The Morgan fingerprint density at radius 2 is 1.89 bits per heavy atom. The Morgan fingerprint density at radius 3 is 2.53 bits per heavy atom. The zero-order valence-corrected chi connectivity index (χ0v) is 10.1. The molecule has 19 heavy (non-hydrogen) atoms. The number of aromatic carboxylic acids is 1. The smallest absolute Gasteiger partial charge is 0.336 e. The van der Waals surface area contributed by atoms with Gasteiger partial charge >= 0.3 is 5.97 Å². The molecule has 0 bridgehead atoms. The van der Waals surface area contributed by atoms with Gasteiger partial charge in [0.2, 0.25) is 0 Å². The number of amides is 1. The third kappa shape index (κ3) is 2.74. The molecule has 0 saturated carbocycles. The van der Waals surface area contributed by atoms with E-state index in [0.717, 1.165) is 0 Å². The number of carbonyl (C=O) groups is 2. The van der Waals surface area contributed by atoms with Crippen LogP contribution in [0.1, 0.15) is 26.3 Å². The third-order valence-electron chi connectivity index (χ3n) is 2.64. The quantitative estimate of drug-likeness (QED) is 0.873. The molecule has 2 rings (SSSR count). The number of carbonyl (C=O) groups excluding carboxylic acids is 1. The fourth-order valence-corrected chi connectivity index (χ4v) is 1.61. The first kappa shape index (κ1) is 12.7. The number of carboxylic acid groups (broad SMARTS) is 1. The summed E-state index contributed by atoms with van der Waals surface area (Å²) >= 11 is 0. The van der Waals surface area contributed by atoms with Crippen LogP contribution in [0.3, 0.4) is 0 Å². The summed E-state index contributed by atoms with van der Waals surface area (Å²) in [6.07, 6.45) is 4.10. The minimum Gasteiger partial charge on any atom is -0.478 e. The zero-order valence-electron chi connectivity index (χ0n) is 10.1. The van der Waals surface area contributed by atoms with Crippen LogP contribution in [0.2, 0.25) is 0 Å². The molecule has 96 valence electrons. The van der Waals surface area contributed by atoms with Crippen LogP contribution in [0.5, 0.6) is 0 Å². The number of carboxylic acids is 1. The SMILES string of the molecule is Cc1c(NC(=O)c2cncnc2)cccc1C(=O)O. The average Bonchev–Trinajstić information content (AvgIpc) is 2.41. The number of anilines is 1. The molecule has 0 spiro atoms. The lowest BCUT2D eigenvalue weighted by atomic mass is 10.1. The van der Waals surface area contributed by atoms with Crippen LogP contribution in [0, 0.1) is 6.92 Å². The number of benzene rings is 1. The first-order valence-electron chi connectivity index (χ1n) is 5.49. The predicted octanol–water partition coefficient (Wildman–Crippen LogP) is 1.74. The number of nitrogens with zero attached hydrogens (tertiary/aromatic N) is 2. The summed E-state index contributed by atoms with van der Waals surface area (Å²) in [5, 5.41) is 11.6. The molecule has 1 amide bonds. The van der Waals surface area contributed by atoms with Crippen LogP contribution >= 0.6 is 0 Å². The molecule has 2 N–H and O–H groups in total. The lowest BCUT2D eigenvalue weighted by molar-refractivity contribution is 0.0695. The highest BCUT2D eigenvalue weighted by Gasteiger charge is 2.13. The van der Waals surface area contributed by atoms with E-state index in [1.54, 1.807) is 19.1 Å². The number of aromatic nitrogens is 2. The molecule has 0 aliphatic carbocycles. The average molecular weight is 257 g/mol. The van der Waals surface area contributed by atoms with Crippen LogP contribution in [-0.2, 0) is 0 Å². The molecule has 0 saturated heterocycles. The molecule has 6 heteroatoms. The molecule has 0 radical (unpaired) electrons. The van der Waals surface area contributed by atoms with Gasteiger partial charge in [-0.2, -0.15) is 0 Å². The predicted molar refractivity (Wildman–Crippen MR) is 68.1 cm³/mol. The van der Waals surface area contributed by atoms with Crippen molar-refractivity contribution in [2.75, 3.05) is 5.32 Å². The maximum absolute atomic E-state index is 11.9. The van der Waals surface area contributed by atoms with Crippen molar-refractivity contribution in [3.8, 4) is 0 Å². The molecule has 0 unspecified atom stereocenters. The van der Waals surface area contributed by atoms with Gasteiger partial charge in [-0.15, -0.1) is 0 Å². The Bertz CT molecular complexity index is 626. The van der Waals surface area contributed by atoms with Gasteiger partial charge in [-0.05, 0) is 24.6 Å². The van der Waals surface area contributed by atoms with Crippen molar-refractivity contribution in [1.82, 2.24) is 9.97 Å². The summed E-state index contributed by atoms with van der Waals surface area (Å²) in [7, 11) is 0. The number of rotatable bonds is 3.